The van der Waals surface area contributed by atoms with Crippen LogP contribution in [0.25, 0.3) is 0 Å². The van der Waals surface area contributed by atoms with E-state index in [-0.39, 0.29) is 12.2 Å². The summed E-state index contributed by atoms with van der Waals surface area (Å²) in [6.45, 7) is -0.0163. The average Bonchev–Trinajstić information content (AvgIpc) is 2.37. The lowest BCUT2D eigenvalue weighted by Gasteiger charge is -2.32. The quantitative estimate of drug-likeness (QED) is 0.666. The molecule has 1 aromatic carbocycles. The van der Waals surface area contributed by atoms with E-state index in [0.29, 0.717) is 29.0 Å². The van der Waals surface area contributed by atoms with Crippen molar-refractivity contribution in [3.63, 3.8) is 0 Å². The maximum Gasteiger partial charge on any atom is 0.384 e. The van der Waals surface area contributed by atoms with Gasteiger partial charge in [0.05, 0.1) is 0 Å². The number of halogens is 4. The van der Waals surface area contributed by atoms with Gasteiger partial charge in [0, 0.05) is 17.9 Å². The Morgan fingerprint density at radius 1 is 1.37 bits per heavy atom. The second kappa shape index (κ2) is 4.71. The molecule has 19 heavy (non-hydrogen) atoms. The maximum absolute atomic E-state index is 13.1. The van der Waals surface area contributed by atoms with Crippen molar-refractivity contribution in [3.8, 4) is 0 Å². The van der Waals surface area contributed by atoms with Gasteiger partial charge in [0.1, 0.15) is 0 Å². The highest BCUT2D eigenvalue weighted by Gasteiger charge is 2.52. The highest BCUT2D eigenvalue weighted by molar-refractivity contribution is 6.00. The molecular weight excluding hydrogens is 264 g/mol. The highest BCUT2D eigenvalue weighted by Crippen LogP contribution is 2.35. The Labute approximate surface area is 107 Å². The Morgan fingerprint density at radius 3 is 2.68 bits per heavy atom. The molecule has 2 N–H and O–H groups in total. The zero-order chi connectivity index (χ0) is 14.2. The second-order valence-corrected chi connectivity index (χ2v) is 4.33. The number of fused-ring (bicyclic) bond motifs is 1. The molecule has 0 unspecified atom stereocenters. The van der Waals surface area contributed by atoms with E-state index in [1.165, 1.54) is 12.1 Å². The minimum Gasteiger partial charge on any atom is -0.398 e. The van der Waals surface area contributed by atoms with Crippen molar-refractivity contribution >= 4 is 17.3 Å². The Morgan fingerprint density at radius 2 is 2.05 bits per heavy atom. The summed E-state index contributed by atoms with van der Waals surface area (Å²) < 4.78 is 50.8. The molecular formula is C12H12F4N2O. The molecule has 3 nitrogen and oxygen atoms in total. The van der Waals surface area contributed by atoms with Gasteiger partial charge in [-0.15, -0.1) is 0 Å². The number of nitrogens with two attached hydrogens (primary N) is 1. The minimum atomic E-state index is -4.68. The number of nitrogens with zero attached hydrogens (tertiary/aromatic N) is 1. The third-order valence-corrected chi connectivity index (χ3v) is 3.09. The summed E-state index contributed by atoms with van der Waals surface area (Å²) in [6, 6.07) is 4.52. The highest BCUT2D eigenvalue weighted by atomic mass is 19.3. The van der Waals surface area contributed by atoms with Crippen LogP contribution in [0.1, 0.15) is 12.0 Å². The summed E-state index contributed by atoms with van der Waals surface area (Å²) in [6.07, 6.45) is -3.08. The minimum absolute atomic E-state index is 0.0163. The molecule has 0 bridgehead atoms. The van der Waals surface area contributed by atoms with Crippen molar-refractivity contribution in [3.05, 3.63) is 23.8 Å². The van der Waals surface area contributed by atoms with Gasteiger partial charge < -0.3 is 10.6 Å². The molecule has 1 heterocycles. The van der Waals surface area contributed by atoms with Crippen LogP contribution in [0.3, 0.4) is 0 Å². The molecule has 1 amide bonds. The summed E-state index contributed by atoms with van der Waals surface area (Å²) in [5, 5.41) is 0. The van der Waals surface area contributed by atoms with E-state index >= 15 is 0 Å². The zero-order valence-electron chi connectivity index (χ0n) is 9.88. The predicted octanol–water partition coefficient (Wildman–Crippen LogP) is 2.45. The first-order chi connectivity index (χ1) is 8.85. The van der Waals surface area contributed by atoms with E-state index in [2.05, 4.69) is 0 Å². The molecule has 2 rings (SSSR count). The Balaban J connectivity index is 2.40. The summed E-state index contributed by atoms with van der Waals surface area (Å²) in [5.74, 6) is -6.56. The standard InChI is InChI=1S/C12H12F4N2O/c13-10(14)12(15,16)11(19)18-6-2-3-7-8(17)4-1-5-9(7)18/h1,4-5,10H,2-3,6,17H2. The Kier molecular flexibility index (Phi) is 3.38. The van der Waals surface area contributed by atoms with E-state index in [0.717, 1.165) is 0 Å². The lowest BCUT2D eigenvalue weighted by Crippen LogP contribution is -2.49. The van der Waals surface area contributed by atoms with Crippen molar-refractivity contribution in [1.82, 2.24) is 0 Å². The molecule has 0 atom stereocenters. The number of carbonyl (C=O) groups is 1. The number of hydrogen-bond donors (Lipinski definition) is 1. The molecule has 0 spiro atoms. The van der Waals surface area contributed by atoms with Crippen LogP contribution in [0.4, 0.5) is 28.9 Å². The van der Waals surface area contributed by atoms with Crippen LogP contribution in [0.2, 0.25) is 0 Å². The van der Waals surface area contributed by atoms with Crippen LogP contribution in [-0.4, -0.2) is 24.8 Å². The lowest BCUT2D eigenvalue weighted by molar-refractivity contribution is -0.166. The van der Waals surface area contributed by atoms with E-state index in [1.807, 2.05) is 0 Å². The SMILES string of the molecule is Nc1cccc2c1CCCN2C(=O)C(F)(F)C(F)F. The van der Waals surface area contributed by atoms with E-state index in [4.69, 9.17) is 5.73 Å². The number of anilines is 2. The predicted molar refractivity (Wildman–Crippen MR) is 62.5 cm³/mol. The van der Waals surface area contributed by atoms with Crippen LogP contribution in [0.5, 0.6) is 0 Å². The largest absolute Gasteiger partial charge is 0.398 e. The van der Waals surface area contributed by atoms with Crippen LogP contribution in [-0.2, 0) is 11.2 Å². The number of nitrogen functional groups attached to an aromatic ring is 1. The van der Waals surface area contributed by atoms with Gasteiger partial charge >= 0.3 is 18.3 Å². The second-order valence-electron chi connectivity index (χ2n) is 4.33. The molecule has 1 aliphatic rings. The average molecular weight is 276 g/mol. The first-order valence-electron chi connectivity index (χ1n) is 5.71. The van der Waals surface area contributed by atoms with Crippen molar-refractivity contribution in [2.75, 3.05) is 17.2 Å². The van der Waals surface area contributed by atoms with Gasteiger partial charge in [-0.2, -0.15) is 8.78 Å². The fourth-order valence-electron chi connectivity index (χ4n) is 2.14. The van der Waals surface area contributed by atoms with Crippen LogP contribution < -0.4 is 10.6 Å². The van der Waals surface area contributed by atoms with E-state index < -0.39 is 18.3 Å². The molecule has 1 aliphatic heterocycles. The van der Waals surface area contributed by atoms with Crippen molar-refractivity contribution in [2.45, 2.75) is 25.2 Å². The number of benzene rings is 1. The van der Waals surface area contributed by atoms with Crippen molar-refractivity contribution in [1.29, 1.82) is 0 Å². The third-order valence-electron chi connectivity index (χ3n) is 3.09. The molecule has 7 heteroatoms. The third kappa shape index (κ3) is 2.24. The molecule has 0 saturated carbocycles. The fraction of sp³-hybridized carbons (Fsp3) is 0.417. The van der Waals surface area contributed by atoms with Crippen LogP contribution in [0.15, 0.2) is 18.2 Å². The van der Waals surface area contributed by atoms with E-state index in [1.54, 1.807) is 6.07 Å². The summed E-state index contributed by atoms with van der Waals surface area (Å²) in [4.78, 5) is 12.3. The Bertz CT molecular complexity index is 505. The van der Waals surface area contributed by atoms with Gasteiger partial charge in [-0.3, -0.25) is 4.79 Å². The summed E-state index contributed by atoms with van der Waals surface area (Å²) in [7, 11) is 0. The first-order valence-corrected chi connectivity index (χ1v) is 5.71. The molecule has 104 valence electrons. The summed E-state index contributed by atoms with van der Waals surface area (Å²) in [5.41, 5.74) is 6.81. The number of rotatable bonds is 2. The number of amides is 1. The monoisotopic (exact) mass is 276 g/mol. The smallest absolute Gasteiger partial charge is 0.384 e. The molecule has 0 fully saturated rings. The fourth-order valence-corrected chi connectivity index (χ4v) is 2.14. The van der Waals surface area contributed by atoms with Crippen LogP contribution in [0, 0.1) is 0 Å². The molecule has 0 radical (unpaired) electrons. The molecule has 0 saturated heterocycles. The van der Waals surface area contributed by atoms with Gasteiger partial charge in [0.25, 0.3) is 0 Å². The van der Waals surface area contributed by atoms with Crippen molar-refractivity contribution in [2.24, 2.45) is 0 Å². The number of carbonyl (C=O) groups excluding carboxylic acids is 1. The molecule has 0 aliphatic carbocycles. The topological polar surface area (TPSA) is 46.3 Å². The molecule has 1 aromatic rings. The normalized spacial score (nSPS) is 15.5. The molecule has 0 aromatic heterocycles. The first kappa shape index (κ1) is 13.6. The van der Waals surface area contributed by atoms with Gasteiger partial charge in [-0.25, -0.2) is 8.78 Å². The van der Waals surface area contributed by atoms with Gasteiger partial charge in [0.15, 0.2) is 0 Å². The summed E-state index contributed by atoms with van der Waals surface area (Å²) >= 11 is 0. The zero-order valence-corrected chi connectivity index (χ0v) is 9.88. The van der Waals surface area contributed by atoms with Crippen molar-refractivity contribution < 1.29 is 22.4 Å². The number of alkyl halides is 4. The lowest BCUT2D eigenvalue weighted by atomic mass is 9.99. The van der Waals surface area contributed by atoms with Gasteiger partial charge in [-0.05, 0) is 30.5 Å². The van der Waals surface area contributed by atoms with E-state index in [9.17, 15) is 22.4 Å². The Hall–Kier alpha value is -1.79. The van der Waals surface area contributed by atoms with Gasteiger partial charge in [-0.1, -0.05) is 6.07 Å². The maximum atomic E-state index is 13.1. The van der Waals surface area contributed by atoms with Crippen LogP contribution >= 0.6 is 0 Å². The van der Waals surface area contributed by atoms with Gasteiger partial charge in [0.2, 0.25) is 0 Å². The number of hydrogen-bond acceptors (Lipinski definition) is 2.